The highest BCUT2D eigenvalue weighted by Crippen LogP contribution is 2.08. The summed E-state index contributed by atoms with van der Waals surface area (Å²) in [5, 5.41) is 10.7. The number of amides is 1. The number of fused-ring (bicyclic) bond motifs is 1. The number of aromatic nitrogens is 1. The molecule has 0 aliphatic carbocycles. The molecule has 0 unspecified atom stereocenters. The molecule has 1 aromatic heterocycles. The first kappa shape index (κ1) is 9.45. The van der Waals surface area contributed by atoms with Crippen LogP contribution in [0.2, 0.25) is 0 Å². The van der Waals surface area contributed by atoms with Gasteiger partial charge in [0.25, 0.3) is 0 Å². The van der Waals surface area contributed by atoms with Gasteiger partial charge in [-0.3, -0.25) is 4.79 Å². The molecule has 15 heavy (non-hydrogen) atoms. The molecule has 0 atom stereocenters. The summed E-state index contributed by atoms with van der Waals surface area (Å²) >= 11 is 0. The van der Waals surface area contributed by atoms with Crippen molar-refractivity contribution in [1.82, 2.24) is 4.73 Å². The van der Waals surface area contributed by atoms with Crippen LogP contribution in [0.25, 0.3) is 10.9 Å². The van der Waals surface area contributed by atoms with E-state index in [-0.39, 0.29) is 11.4 Å². The van der Waals surface area contributed by atoms with E-state index in [1.807, 2.05) is 24.3 Å². The highest BCUT2D eigenvalue weighted by atomic mass is 16.5. The van der Waals surface area contributed by atoms with Crippen LogP contribution in [0.15, 0.2) is 41.4 Å². The highest BCUT2D eigenvalue weighted by Gasteiger charge is 1.98. The van der Waals surface area contributed by atoms with Gasteiger partial charge in [-0.1, -0.05) is 18.2 Å². The molecule has 1 amide bonds. The van der Waals surface area contributed by atoms with Gasteiger partial charge in [0.1, 0.15) is 0 Å². The molecule has 0 radical (unpaired) electrons. The highest BCUT2D eigenvalue weighted by molar-refractivity contribution is 5.79. The minimum atomic E-state index is -0.340. The summed E-state index contributed by atoms with van der Waals surface area (Å²) in [5.41, 5.74) is 0.862. The number of carbonyl (C=O) groups is 1. The number of benzene rings is 1. The maximum atomic E-state index is 10.8. The number of pyridine rings is 1. The summed E-state index contributed by atoms with van der Waals surface area (Å²) < 4.78 is 0.913. The van der Waals surface area contributed by atoms with Gasteiger partial charge in [-0.25, -0.2) is 0 Å². The molecule has 4 heteroatoms. The lowest BCUT2D eigenvalue weighted by molar-refractivity contribution is -0.116. The molecule has 0 aliphatic rings. The van der Waals surface area contributed by atoms with Gasteiger partial charge in [0.05, 0.1) is 5.52 Å². The van der Waals surface area contributed by atoms with Crippen LogP contribution in [0.5, 0.6) is 0 Å². The van der Waals surface area contributed by atoms with Crippen molar-refractivity contribution in [3.8, 4) is 0 Å². The van der Waals surface area contributed by atoms with Crippen LogP contribution in [-0.4, -0.2) is 15.8 Å². The smallest absolute Gasteiger partial charge is 0.244 e. The first-order valence-electron chi connectivity index (χ1n) is 4.54. The second-order valence-corrected chi connectivity index (χ2v) is 3.19. The monoisotopic (exact) mass is 202 g/mol. The van der Waals surface area contributed by atoms with Gasteiger partial charge in [-0.15, -0.1) is 0 Å². The normalized spacial score (nSPS) is 11.9. The van der Waals surface area contributed by atoms with Crippen molar-refractivity contribution in [1.29, 1.82) is 0 Å². The summed E-state index contributed by atoms with van der Waals surface area (Å²) in [6.07, 6.45) is 0. The summed E-state index contributed by atoms with van der Waals surface area (Å²) in [6.45, 7) is 1.34. The third-order valence-electron chi connectivity index (χ3n) is 2.07. The van der Waals surface area contributed by atoms with Gasteiger partial charge in [-0.05, 0) is 18.2 Å². The maximum absolute atomic E-state index is 10.8. The Morgan fingerprint density at radius 3 is 2.73 bits per heavy atom. The Labute approximate surface area is 86.1 Å². The van der Waals surface area contributed by atoms with Crippen LogP contribution in [-0.2, 0) is 4.79 Å². The molecule has 2 aromatic rings. The number of para-hydroxylation sites is 1. The lowest BCUT2D eigenvalue weighted by Crippen LogP contribution is -2.19. The van der Waals surface area contributed by atoms with Gasteiger partial charge in [0, 0.05) is 12.3 Å². The van der Waals surface area contributed by atoms with Crippen molar-refractivity contribution in [3.05, 3.63) is 41.9 Å². The number of carbonyl (C=O) groups excluding carboxylic acids is 1. The largest absolute Gasteiger partial charge is 0.426 e. The minimum absolute atomic E-state index is 0.237. The number of rotatable bonds is 0. The molecular formula is C11H10N2O2. The van der Waals surface area contributed by atoms with E-state index in [0.717, 1.165) is 10.1 Å². The van der Waals surface area contributed by atoms with E-state index >= 15 is 0 Å². The van der Waals surface area contributed by atoms with Gasteiger partial charge in [-0.2, -0.15) is 9.72 Å². The van der Waals surface area contributed by atoms with Crippen molar-refractivity contribution in [2.24, 2.45) is 4.99 Å². The zero-order valence-electron chi connectivity index (χ0n) is 8.21. The quantitative estimate of drug-likeness (QED) is 0.655. The topological polar surface area (TPSA) is 54.6 Å². The van der Waals surface area contributed by atoms with E-state index in [1.165, 1.54) is 6.92 Å². The summed E-state index contributed by atoms with van der Waals surface area (Å²) in [7, 11) is 0. The van der Waals surface area contributed by atoms with Gasteiger partial charge in [0.2, 0.25) is 5.91 Å². The SMILES string of the molecule is CC(=O)N=c1ccc2ccccc2n1O. The Bertz CT molecular complexity index is 584. The zero-order chi connectivity index (χ0) is 10.8. The Hall–Kier alpha value is -2.10. The molecule has 2 rings (SSSR count). The fourth-order valence-corrected chi connectivity index (χ4v) is 1.43. The molecule has 0 aliphatic heterocycles. The first-order chi connectivity index (χ1) is 7.18. The van der Waals surface area contributed by atoms with Crippen molar-refractivity contribution < 1.29 is 10.0 Å². The Morgan fingerprint density at radius 1 is 1.27 bits per heavy atom. The van der Waals surface area contributed by atoms with Crippen LogP contribution < -0.4 is 5.49 Å². The minimum Gasteiger partial charge on any atom is -0.426 e. The van der Waals surface area contributed by atoms with Crippen molar-refractivity contribution in [2.45, 2.75) is 6.92 Å². The summed E-state index contributed by atoms with van der Waals surface area (Å²) in [5.74, 6) is -0.340. The molecule has 0 fully saturated rings. The van der Waals surface area contributed by atoms with Crippen LogP contribution in [0.4, 0.5) is 0 Å². The molecule has 1 heterocycles. The van der Waals surface area contributed by atoms with Gasteiger partial charge >= 0.3 is 0 Å². The Balaban J connectivity index is 2.82. The van der Waals surface area contributed by atoms with Crippen molar-refractivity contribution in [3.63, 3.8) is 0 Å². The third kappa shape index (κ3) is 1.74. The second kappa shape index (κ2) is 3.57. The molecule has 4 nitrogen and oxygen atoms in total. The van der Waals surface area contributed by atoms with Crippen molar-refractivity contribution in [2.75, 3.05) is 0 Å². The van der Waals surface area contributed by atoms with E-state index < -0.39 is 0 Å². The first-order valence-corrected chi connectivity index (χ1v) is 4.54. The Morgan fingerprint density at radius 2 is 2.00 bits per heavy atom. The molecule has 0 spiro atoms. The van der Waals surface area contributed by atoms with Crippen molar-refractivity contribution >= 4 is 16.8 Å². The zero-order valence-corrected chi connectivity index (χ0v) is 8.21. The number of nitrogens with zero attached hydrogens (tertiary/aromatic N) is 2. The Kier molecular flexibility index (Phi) is 2.25. The molecule has 0 saturated heterocycles. The second-order valence-electron chi connectivity index (χ2n) is 3.19. The fraction of sp³-hybridized carbons (Fsp3) is 0.0909. The van der Waals surface area contributed by atoms with Crippen LogP contribution in [0.1, 0.15) is 6.92 Å². The predicted molar refractivity (Wildman–Crippen MR) is 55.4 cm³/mol. The summed E-state index contributed by atoms with van der Waals surface area (Å²) in [6, 6.07) is 10.7. The van der Waals surface area contributed by atoms with E-state index in [4.69, 9.17) is 0 Å². The van der Waals surface area contributed by atoms with E-state index in [0.29, 0.717) is 5.52 Å². The lowest BCUT2D eigenvalue weighted by atomic mass is 10.2. The van der Waals surface area contributed by atoms with Crippen LogP contribution in [0.3, 0.4) is 0 Å². The summed E-state index contributed by atoms with van der Waals surface area (Å²) in [4.78, 5) is 14.5. The van der Waals surface area contributed by atoms with Gasteiger partial charge in [0.15, 0.2) is 5.49 Å². The van der Waals surface area contributed by atoms with E-state index in [2.05, 4.69) is 4.99 Å². The van der Waals surface area contributed by atoms with E-state index in [9.17, 15) is 10.0 Å². The third-order valence-corrected chi connectivity index (χ3v) is 2.07. The molecule has 76 valence electrons. The lowest BCUT2D eigenvalue weighted by Gasteiger charge is -2.03. The average Bonchev–Trinajstić information content (AvgIpc) is 2.22. The van der Waals surface area contributed by atoms with Gasteiger partial charge < -0.3 is 5.21 Å². The molecule has 0 saturated carbocycles. The molecule has 0 bridgehead atoms. The molecule has 1 aromatic carbocycles. The van der Waals surface area contributed by atoms with Crippen LogP contribution in [0, 0.1) is 0 Å². The average molecular weight is 202 g/mol. The van der Waals surface area contributed by atoms with E-state index in [1.54, 1.807) is 12.1 Å². The number of hydrogen-bond donors (Lipinski definition) is 1. The predicted octanol–water partition coefficient (Wildman–Crippen LogP) is 1.33. The van der Waals surface area contributed by atoms with Crippen LogP contribution >= 0.6 is 0 Å². The maximum Gasteiger partial charge on any atom is 0.244 e. The fourth-order valence-electron chi connectivity index (χ4n) is 1.43. The molecular weight excluding hydrogens is 192 g/mol. The standard InChI is InChI=1S/C11H10N2O2/c1-8(14)12-11-7-6-9-4-2-3-5-10(9)13(11)15/h2-7,15H,1H3. The number of hydrogen-bond acceptors (Lipinski definition) is 2. The molecule has 1 N–H and O–H groups in total.